The largest absolute Gasteiger partial charge is 0.412 e. The minimum atomic E-state index is -0.910. The number of hydrogen-bond donors (Lipinski definition) is 2. The summed E-state index contributed by atoms with van der Waals surface area (Å²) in [6, 6.07) is 20.4. The zero-order valence-corrected chi connectivity index (χ0v) is 20.7. The first-order valence-corrected chi connectivity index (χ1v) is 12.7. The molecule has 0 saturated heterocycles. The number of fused-ring (bicyclic) bond motifs is 3. The predicted octanol–water partition coefficient (Wildman–Crippen LogP) is 5.35. The zero-order valence-electron chi connectivity index (χ0n) is 20.7. The van der Waals surface area contributed by atoms with Gasteiger partial charge in [0.2, 0.25) is 0 Å². The van der Waals surface area contributed by atoms with E-state index in [0.717, 1.165) is 31.2 Å². The number of amides is 1. The molecule has 0 bridgehead atoms. The number of aryl methyl sites for hydroxylation is 1. The Morgan fingerprint density at radius 2 is 1.92 bits per heavy atom. The Labute approximate surface area is 212 Å². The average molecular weight is 481 g/mol. The number of nitrogens with zero attached hydrogens (tertiary/aromatic N) is 1. The van der Waals surface area contributed by atoms with E-state index in [1.807, 2.05) is 30.3 Å². The SMILES string of the molecule is CC#C[C@@]1(O)CC[C@]2(Cc3ccccc3)c3ccc(OC(=O)NCc4ccncc4)cc3CC[C@H]2C1. The lowest BCUT2D eigenvalue weighted by atomic mass is 9.52. The van der Waals surface area contributed by atoms with E-state index in [1.54, 1.807) is 19.3 Å². The lowest BCUT2D eigenvalue weighted by molar-refractivity contribution is -0.00804. The highest BCUT2D eigenvalue weighted by atomic mass is 16.6. The summed E-state index contributed by atoms with van der Waals surface area (Å²) >= 11 is 0. The molecule has 1 saturated carbocycles. The van der Waals surface area contributed by atoms with E-state index in [0.29, 0.717) is 31.1 Å². The second-order valence-corrected chi connectivity index (χ2v) is 10.1. The van der Waals surface area contributed by atoms with Crippen molar-refractivity contribution in [3.8, 4) is 17.6 Å². The van der Waals surface area contributed by atoms with Gasteiger partial charge in [-0.15, -0.1) is 5.92 Å². The molecule has 2 aliphatic carbocycles. The van der Waals surface area contributed by atoms with Crippen LogP contribution in [0.25, 0.3) is 0 Å². The van der Waals surface area contributed by atoms with Gasteiger partial charge in [-0.1, -0.05) is 42.3 Å². The third-order valence-corrected chi connectivity index (χ3v) is 7.84. The maximum absolute atomic E-state index is 12.4. The van der Waals surface area contributed by atoms with E-state index in [4.69, 9.17) is 4.74 Å². The van der Waals surface area contributed by atoms with Crippen LogP contribution in [0.4, 0.5) is 4.79 Å². The van der Waals surface area contributed by atoms with Gasteiger partial charge in [0.25, 0.3) is 0 Å². The molecule has 0 spiro atoms. The average Bonchev–Trinajstić information content (AvgIpc) is 2.89. The standard InChI is InChI=1S/C31H32N2O3/c1-2-14-30(35)15-16-31(20-23-6-4-3-5-7-23)26(21-30)9-8-25-19-27(10-11-28(25)31)36-29(34)33-22-24-12-17-32-18-13-24/h3-7,10-13,17-19,26,35H,8-9,15-16,20-22H2,1H3,(H,33,34)/t26-,30+,31+/m0/s1. The zero-order chi connectivity index (χ0) is 25.0. The fraction of sp³-hybridized carbons (Fsp3) is 0.355. The quantitative estimate of drug-likeness (QED) is 0.483. The Morgan fingerprint density at radius 3 is 2.69 bits per heavy atom. The normalized spacial score (nSPS) is 24.4. The molecule has 2 aromatic carbocycles. The smallest absolute Gasteiger partial charge is 0.410 e. The fourth-order valence-corrected chi connectivity index (χ4v) is 6.18. The van der Waals surface area contributed by atoms with Crippen molar-refractivity contribution in [2.75, 3.05) is 0 Å². The Hall–Kier alpha value is -3.62. The van der Waals surface area contributed by atoms with Crippen molar-refractivity contribution in [3.63, 3.8) is 0 Å². The molecule has 5 rings (SSSR count). The lowest BCUT2D eigenvalue weighted by Gasteiger charge is -2.52. The molecule has 36 heavy (non-hydrogen) atoms. The summed E-state index contributed by atoms with van der Waals surface area (Å²) in [6.07, 6.45) is 7.94. The molecular formula is C31H32N2O3. The van der Waals surface area contributed by atoms with Gasteiger partial charge in [0.05, 0.1) is 0 Å². The van der Waals surface area contributed by atoms with Gasteiger partial charge in [-0.3, -0.25) is 4.98 Å². The van der Waals surface area contributed by atoms with Crippen LogP contribution in [0, 0.1) is 17.8 Å². The summed E-state index contributed by atoms with van der Waals surface area (Å²) < 4.78 is 5.63. The summed E-state index contributed by atoms with van der Waals surface area (Å²) in [7, 11) is 0. The van der Waals surface area contributed by atoms with Gasteiger partial charge in [0, 0.05) is 24.4 Å². The van der Waals surface area contributed by atoms with Crippen LogP contribution >= 0.6 is 0 Å². The Balaban J connectivity index is 1.39. The van der Waals surface area contributed by atoms with Crippen molar-refractivity contribution in [2.45, 2.75) is 63.0 Å². The van der Waals surface area contributed by atoms with E-state index in [-0.39, 0.29) is 5.41 Å². The maximum Gasteiger partial charge on any atom is 0.412 e. The van der Waals surface area contributed by atoms with Crippen molar-refractivity contribution in [1.82, 2.24) is 10.3 Å². The van der Waals surface area contributed by atoms with Crippen LogP contribution < -0.4 is 10.1 Å². The van der Waals surface area contributed by atoms with E-state index in [1.165, 1.54) is 16.7 Å². The molecule has 1 amide bonds. The minimum Gasteiger partial charge on any atom is -0.410 e. The van der Waals surface area contributed by atoms with Gasteiger partial charge in [-0.2, -0.15) is 0 Å². The Kier molecular flexibility index (Phi) is 6.80. The van der Waals surface area contributed by atoms with Gasteiger partial charge in [-0.05, 0) is 97.9 Å². The molecule has 0 radical (unpaired) electrons. The van der Waals surface area contributed by atoms with Gasteiger partial charge >= 0.3 is 6.09 Å². The van der Waals surface area contributed by atoms with E-state index < -0.39 is 11.7 Å². The highest BCUT2D eigenvalue weighted by molar-refractivity contribution is 5.70. The molecule has 0 aliphatic heterocycles. The third-order valence-electron chi connectivity index (χ3n) is 7.84. The molecule has 3 aromatic rings. The minimum absolute atomic E-state index is 0.0707. The number of ether oxygens (including phenoxy) is 1. The molecule has 2 N–H and O–H groups in total. The van der Waals surface area contributed by atoms with Crippen LogP contribution in [0.2, 0.25) is 0 Å². The first-order chi connectivity index (χ1) is 17.5. The van der Waals surface area contributed by atoms with E-state index in [2.05, 4.69) is 52.5 Å². The van der Waals surface area contributed by atoms with Crippen LogP contribution in [0.15, 0.2) is 73.1 Å². The van der Waals surface area contributed by atoms with Crippen molar-refractivity contribution in [2.24, 2.45) is 5.92 Å². The topological polar surface area (TPSA) is 71.5 Å². The first-order valence-electron chi connectivity index (χ1n) is 12.7. The van der Waals surface area contributed by atoms with Crippen LogP contribution in [-0.2, 0) is 24.8 Å². The number of pyridine rings is 1. The Bertz CT molecular complexity index is 1280. The van der Waals surface area contributed by atoms with Crippen LogP contribution in [-0.4, -0.2) is 21.8 Å². The van der Waals surface area contributed by atoms with Crippen LogP contribution in [0.5, 0.6) is 5.75 Å². The molecule has 1 fully saturated rings. The molecule has 5 nitrogen and oxygen atoms in total. The molecule has 3 atom stereocenters. The third kappa shape index (κ3) is 5.01. The molecule has 1 heterocycles. The number of benzene rings is 2. The highest BCUT2D eigenvalue weighted by Crippen LogP contribution is 2.54. The number of nitrogens with one attached hydrogen (secondary N) is 1. The van der Waals surface area contributed by atoms with Gasteiger partial charge < -0.3 is 15.2 Å². The summed E-state index contributed by atoms with van der Waals surface area (Å²) in [5, 5.41) is 14.0. The van der Waals surface area contributed by atoms with Crippen LogP contribution in [0.1, 0.15) is 54.9 Å². The number of rotatable bonds is 5. The van der Waals surface area contributed by atoms with Crippen molar-refractivity contribution < 1.29 is 14.6 Å². The first kappa shape index (κ1) is 24.1. The van der Waals surface area contributed by atoms with Gasteiger partial charge in [0.1, 0.15) is 11.4 Å². The summed E-state index contributed by atoms with van der Waals surface area (Å²) in [5.41, 5.74) is 3.84. The molecule has 184 valence electrons. The lowest BCUT2D eigenvalue weighted by Crippen LogP contribution is -2.50. The summed E-state index contributed by atoms with van der Waals surface area (Å²) in [5.74, 6) is 6.92. The number of hydrogen-bond acceptors (Lipinski definition) is 4. The molecule has 2 aliphatic rings. The second kappa shape index (κ2) is 10.2. The molecule has 1 aromatic heterocycles. The monoisotopic (exact) mass is 480 g/mol. The molecule has 0 unspecified atom stereocenters. The second-order valence-electron chi connectivity index (χ2n) is 10.1. The molecule has 5 heteroatoms. The predicted molar refractivity (Wildman–Crippen MR) is 139 cm³/mol. The fourth-order valence-electron chi connectivity index (χ4n) is 6.18. The number of carbonyl (C=O) groups is 1. The van der Waals surface area contributed by atoms with E-state index in [9.17, 15) is 9.90 Å². The number of carbonyl (C=O) groups excluding carboxylic acids is 1. The maximum atomic E-state index is 12.4. The highest BCUT2D eigenvalue weighted by Gasteiger charge is 2.51. The Morgan fingerprint density at radius 1 is 1.11 bits per heavy atom. The van der Waals surface area contributed by atoms with Crippen molar-refractivity contribution in [1.29, 1.82) is 0 Å². The molecular weight excluding hydrogens is 448 g/mol. The van der Waals surface area contributed by atoms with Crippen molar-refractivity contribution in [3.05, 3.63) is 95.3 Å². The van der Waals surface area contributed by atoms with Gasteiger partial charge in [-0.25, -0.2) is 4.79 Å². The number of aliphatic hydroxyl groups is 1. The van der Waals surface area contributed by atoms with Gasteiger partial charge in [0.15, 0.2) is 0 Å². The van der Waals surface area contributed by atoms with E-state index >= 15 is 0 Å². The number of aromatic nitrogens is 1. The summed E-state index contributed by atoms with van der Waals surface area (Å²) in [6.45, 7) is 2.19. The van der Waals surface area contributed by atoms with Crippen LogP contribution in [0.3, 0.4) is 0 Å². The summed E-state index contributed by atoms with van der Waals surface area (Å²) in [4.78, 5) is 16.4. The van der Waals surface area contributed by atoms with Crippen molar-refractivity contribution >= 4 is 6.09 Å².